The maximum atomic E-state index is 11.6. The molecule has 2 heteroatoms. The number of hydrogen-bond acceptors (Lipinski definition) is 2. The molecule has 0 aromatic heterocycles. The van der Waals surface area contributed by atoms with Crippen LogP contribution in [0.1, 0.15) is 30.9 Å². The van der Waals surface area contributed by atoms with Crippen LogP contribution in [0.25, 0.3) is 0 Å². The van der Waals surface area contributed by atoms with Gasteiger partial charge in [0.1, 0.15) is 5.60 Å². The Morgan fingerprint density at radius 2 is 1.35 bits per heavy atom. The summed E-state index contributed by atoms with van der Waals surface area (Å²) in [6.45, 7) is 7.21. The molecule has 0 unspecified atom stereocenters. The standard InChI is InChI=1S/C18H21NO.C3H6/c20-18(15-7-3-1-4-8-15,16-9-5-2-6-10-16)17-11-13-19-14-12-17;1-3-2/h1-10,17,19-20H,11-14H2;3H,1H2,2H3. The van der Waals surface area contributed by atoms with Crippen molar-refractivity contribution in [2.24, 2.45) is 5.92 Å². The SMILES string of the molecule is C=CC.OC(c1ccccc1)(c1ccccc1)C1CCNCC1. The van der Waals surface area contributed by atoms with Gasteiger partial charge in [0, 0.05) is 0 Å². The zero-order valence-corrected chi connectivity index (χ0v) is 13.9. The Labute approximate surface area is 139 Å². The van der Waals surface area contributed by atoms with Gasteiger partial charge in [0.15, 0.2) is 0 Å². The third-order valence-electron chi connectivity index (χ3n) is 4.36. The number of benzene rings is 2. The quantitative estimate of drug-likeness (QED) is 0.836. The molecule has 122 valence electrons. The predicted molar refractivity (Wildman–Crippen MR) is 97.3 cm³/mol. The van der Waals surface area contributed by atoms with Crippen molar-refractivity contribution in [2.45, 2.75) is 25.4 Å². The van der Waals surface area contributed by atoms with Gasteiger partial charge in [-0.3, -0.25) is 0 Å². The first-order chi connectivity index (χ1) is 11.2. The third-order valence-corrected chi connectivity index (χ3v) is 4.36. The molecule has 1 fully saturated rings. The molecule has 0 radical (unpaired) electrons. The van der Waals surface area contributed by atoms with Crippen LogP contribution in [0.5, 0.6) is 0 Å². The summed E-state index contributed by atoms with van der Waals surface area (Å²) >= 11 is 0. The fourth-order valence-electron chi connectivity index (χ4n) is 3.26. The second kappa shape index (κ2) is 8.66. The Kier molecular flexibility index (Phi) is 6.57. The first-order valence-electron chi connectivity index (χ1n) is 8.34. The Morgan fingerprint density at radius 1 is 0.957 bits per heavy atom. The normalized spacial score (nSPS) is 15.4. The van der Waals surface area contributed by atoms with Gasteiger partial charge in [0.05, 0.1) is 0 Å². The molecular weight excluding hydrogens is 282 g/mol. The van der Waals surface area contributed by atoms with Crippen LogP contribution in [0.3, 0.4) is 0 Å². The lowest BCUT2D eigenvalue weighted by atomic mass is 9.72. The van der Waals surface area contributed by atoms with E-state index in [9.17, 15) is 5.11 Å². The Hall–Kier alpha value is -1.90. The molecule has 1 saturated heterocycles. The van der Waals surface area contributed by atoms with E-state index in [0.29, 0.717) is 0 Å². The van der Waals surface area contributed by atoms with Crippen molar-refractivity contribution in [1.29, 1.82) is 0 Å². The average molecular weight is 309 g/mol. The number of hydrogen-bond donors (Lipinski definition) is 2. The van der Waals surface area contributed by atoms with Gasteiger partial charge in [0.2, 0.25) is 0 Å². The van der Waals surface area contributed by atoms with Crippen molar-refractivity contribution < 1.29 is 5.11 Å². The summed E-state index contributed by atoms with van der Waals surface area (Å²) in [6.07, 6.45) is 3.75. The van der Waals surface area contributed by atoms with Crippen LogP contribution in [-0.4, -0.2) is 18.2 Å². The van der Waals surface area contributed by atoms with Crippen LogP contribution in [0, 0.1) is 5.92 Å². The Morgan fingerprint density at radius 3 is 1.74 bits per heavy atom. The van der Waals surface area contributed by atoms with Crippen LogP contribution >= 0.6 is 0 Å². The summed E-state index contributed by atoms with van der Waals surface area (Å²) in [5.74, 6) is 0.258. The van der Waals surface area contributed by atoms with Gasteiger partial charge in [0.25, 0.3) is 0 Å². The van der Waals surface area contributed by atoms with Crippen molar-refractivity contribution >= 4 is 0 Å². The average Bonchev–Trinajstić information content (AvgIpc) is 2.64. The van der Waals surface area contributed by atoms with Crippen LogP contribution in [-0.2, 0) is 5.60 Å². The molecule has 1 aliphatic heterocycles. The van der Waals surface area contributed by atoms with E-state index in [4.69, 9.17) is 0 Å². The van der Waals surface area contributed by atoms with E-state index in [1.807, 2.05) is 67.6 Å². The van der Waals surface area contributed by atoms with Gasteiger partial charge >= 0.3 is 0 Å². The van der Waals surface area contributed by atoms with Gasteiger partial charge in [-0.15, -0.1) is 6.58 Å². The number of nitrogens with one attached hydrogen (secondary N) is 1. The minimum Gasteiger partial charge on any atom is -0.380 e. The van der Waals surface area contributed by atoms with Crippen molar-refractivity contribution in [1.82, 2.24) is 5.32 Å². The lowest BCUT2D eigenvalue weighted by Crippen LogP contribution is -2.42. The molecular formula is C21H27NO. The highest BCUT2D eigenvalue weighted by molar-refractivity contribution is 5.37. The Bertz CT molecular complexity index is 534. The Balaban J connectivity index is 0.000000595. The van der Waals surface area contributed by atoms with Gasteiger partial charge < -0.3 is 10.4 Å². The summed E-state index contributed by atoms with van der Waals surface area (Å²) < 4.78 is 0. The number of piperidine rings is 1. The highest BCUT2D eigenvalue weighted by Crippen LogP contribution is 2.40. The first kappa shape index (κ1) is 17.5. The molecule has 0 aliphatic carbocycles. The van der Waals surface area contributed by atoms with E-state index in [-0.39, 0.29) is 5.92 Å². The van der Waals surface area contributed by atoms with Crippen molar-refractivity contribution in [3.8, 4) is 0 Å². The molecule has 1 aliphatic rings. The molecule has 23 heavy (non-hydrogen) atoms. The van der Waals surface area contributed by atoms with Crippen molar-refractivity contribution in [2.75, 3.05) is 13.1 Å². The molecule has 1 heterocycles. The van der Waals surface area contributed by atoms with Gasteiger partial charge in [-0.25, -0.2) is 0 Å². The summed E-state index contributed by atoms with van der Waals surface area (Å²) in [6, 6.07) is 20.2. The minimum atomic E-state index is -0.884. The van der Waals surface area contributed by atoms with Crippen LogP contribution in [0.4, 0.5) is 0 Å². The molecule has 2 nitrogen and oxygen atoms in total. The second-order valence-electron chi connectivity index (χ2n) is 5.93. The largest absolute Gasteiger partial charge is 0.380 e. The van der Waals surface area contributed by atoms with E-state index >= 15 is 0 Å². The summed E-state index contributed by atoms with van der Waals surface area (Å²) in [5.41, 5.74) is 1.11. The summed E-state index contributed by atoms with van der Waals surface area (Å²) in [7, 11) is 0. The first-order valence-corrected chi connectivity index (χ1v) is 8.34. The monoisotopic (exact) mass is 309 g/mol. The number of rotatable bonds is 3. The fraction of sp³-hybridized carbons (Fsp3) is 0.333. The predicted octanol–water partition coefficient (Wildman–Crippen LogP) is 4.11. The lowest BCUT2D eigenvalue weighted by Gasteiger charge is -2.39. The lowest BCUT2D eigenvalue weighted by molar-refractivity contribution is 0.00236. The highest BCUT2D eigenvalue weighted by atomic mass is 16.3. The van der Waals surface area contributed by atoms with E-state index in [1.54, 1.807) is 6.08 Å². The molecule has 0 bridgehead atoms. The van der Waals surface area contributed by atoms with Gasteiger partial charge in [-0.1, -0.05) is 66.7 Å². The molecule has 2 aromatic rings. The number of allylic oxidation sites excluding steroid dienone is 1. The fourth-order valence-corrected chi connectivity index (χ4v) is 3.26. The van der Waals surface area contributed by atoms with Crippen molar-refractivity contribution in [3.63, 3.8) is 0 Å². The maximum Gasteiger partial charge on any atom is 0.117 e. The topological polar surface area (TPSA) is 32.3 Å². The molecule has 0 saturated carbocycles. The van der Waals surface area contributed by atoms with Gasteiger partial charge in [-0.05, 0) is 49.9 Å². The molecule has 0 spiro atoms. The zero-order valence-electron chi connectivity index (χ0n) is 13.9. The second-order valence-corrected chi connectivity index (χ2v) is 5.93. The summed E-state index contributed by atoms with van der Waals surface area (Å²) in [4.78, 5) is 0. The molecule has 2 N–H and O–H groups in total. The van der Waals surface area contributed by atoms with E-state index in [0.717, 1.165) is 37.1 Å². The smallest absolute Gasteiger partial charge is 0.117 e. The summed E-state index contributed by atoms with van der Waals surface area (Å²) in [5, 5.41) is 14.9. The third kappa shape index (κ3) is 4.10. The van der Waals surface area contributed by atoms with E-state index in [1.165, 1.54) is 0 Å². The molecule has 3 rings (SSSR count). The highest BCUT2D eigenvalue weighted by Gasteiger charge is 2.40. The van der Waals surface area contributed by atoms with E-state index < -0.39 is 5.60 Å². The van der Waals surface area contributed by atoms with E-state index in [2.05, 4.69) is 11.9 Å². The van der Waals surface area contributed by atoms with Gasteiger partial charge in [-0.2, -0.15) is 0 Å². The number of aliphatic hydroxyl groups is 1. The maximum absolute atomic E-state index is 11.6. The van der Waals surface area contributed by atoms with Crippen molar-refractivity contribution in [3.05, 3.63) is 84.4 Å². The zero-order chi connectivity index (χ0) is 16.5. The van der Waals surface area contributed by atoms with Crippen LogP contribution < -0.4 is 5.32 Å². The molecule has 2 aromatic carbocycles. The minimum absolute atomic E-state index is 0.258. The van der Waals surface area contributed by atoms with Crippen LogP contribution in [0.2, 0.25) is 0 Å². The van der Waals surface area contributed by atoms with Crippen LogP contribution in [0.15, 0.2) is 73.3 Å². The molecule has 0 atom stereocenters. The molecule has 0 amide bonds.